The molecule has 0 amide bonds. The molecule has 0 spiro atoms. The first-order valence-corrected chi connectivity index (χ1v) is 7.91. The van der Waals surface area contributed by atoms with Crippen LogP contribution in [-0.2, 0) is 10.0 Å². The van der Waals surface area contributed by atoms with Gasteiger partial charge < -0.3 is 4.42 Å². The molecule has 0 unspecified atom stereocenters. The zero-order chi connectivity index (χ0) is 15.6. The fourth-order valence-corrected chi connectivity index (χ4v) is 3.51. The summed E-state index contributed by atoms with van der Waals surface area (Å²) < 4.78 is 31.7. The zero-order valence-electron chi connectivity index (χ0n) is 11.4. The van der Waals surface area contributed by atoms with Crippen molar-refractivity contribution in [3.05, 3.63) is 52.9 Å². The summed E-state index contributed by atoms with van der Waals surface area (Å²) in [6.07, 6.45) is 1.48. The Morgan fingerprint density at radius 3 is 2.67 bits per heavy atom. The fraction of sp³-hybridized carbons (Fsp3) is 0.214. The molecular weight excluding hydrogens is 312 g/mol. The summed E-state index contributed by atoms with van der Waals surface area (Å²) >= 11 is 5.79. The van der Waals surface area contributed by atoms with Gasteiger partial charge in [-0.1, -0.05) is 11.6 Å². The third-order valence-corrected chi connectivity index (χ3v) is 5.44. The molecule has 0 radical (unpaired) electrons. The highest BCUT2D eigenvalue weighted by atomic mass is 35.5. The molecule has 0 aliphatic rings. The van der Waals surface area contributed by atoms with Crippen LogP contribution in [0.3, 0.4) is 0 Å². The summed E-state index contributed by atoms with van der Waals surface area (Å²) in [4.78, 5) is -0.0738. The van der Waals surface area contributed by atoms with E-state index >= 15 is 0 Å². The molecule has 0 aliphatic heterocycles. The highest BCUT2D eigenvalue weighted by molar-refractivity contribution is 7.89. The highest BCUT2D eigenvalue weighted by Crippen LogP contribution is 2.28. The number of nitrogens with zero attached hydrogens (tertiary/aromatic N) is 2. The number of hydrogen-bond donors (Lipinski definition) is 0. The number of rotatable bonds is 4. The molecular formula is C14H13ClN2O3S. The molecule has 0 aliphatic carbocycles. The van der Waals surface area contributed by atoms with Gasteiger partial charge in [0.1, 0.15) is 16.7 Å². The Hall–Kier alpha value is -1.81. The van der Waals surface area contributed by atoms with Crippen molar-refractivity contribution in [3.8, 4) is 6.07 Å². The number of benzene rings is 1. The summed E-state index contributed by atoms with van der Waals surface area (Å²) in [6.45, 7) is 1.71. The van der Waals surface area contributed by atoms with Crippen molar-refractivity contribution in [1.29, 1.82) is 5.26 Å². The zero-order valence-corrected chi connectivity index (χ0v) is 13.0. The molecule has 1 aromatic carbocycles. The molecule has 0 bridgehead atoms. The van der Waals surface area contributed by atoms with Crippen LogP contribution in [0, 0.1) is 11.3 Å². The average Bonchev–Trinajstić information content (AvgIpc) is 2.99. The molecule has 0 fully saturated rings. The quantitative estimate of drug-likeness (QED) is 0.865. The second kappa shape index (κ2) is 5.90. The molecule has 1 heterocycles. The topological polar surface area (TPSA) is 74.3 Å². The van der Waals surface area contributed by atoms with Crippen molar-refractivity contribution in [2.75, 3.05) is 7.05 Å². The highest BCUT2D eigenvalue weighted by Gasteiger charge is 2.29. The van der Waals surface area contributed by atoms with Crippen molar-refractivity contribution in [2.24, 2.45) is 0 Å². The van der Waals surface area contributed by atoms with E-state index in [1.54, 1.807) is 19.1 Å². The lowest BCUT2D eigenvalue weighted by Gasteiger charge is -2.23. The van der Waals surface area contributed by atoms with E-state index in [4.69, 9.17) is 21.3 Å². The van der Waals surface area contributed by atoms with Gasteiger partial charge in [0.25, 0.3) is 0 Å². The van der Waals surface area contributed by atoms with Gasteiger partial charge in [0.15, 0.2) is 0 Å². The molecule has 1 atom stereocenters. The minimum Gasteiger partial charge on any atom is -0.468 e. The Kier molecular flexibility index (Phi) is 4.37. The van der Waals surface area contributed by atoms with E-state index in [9.17, 15) is 8.42 Å². The van der Waals surface area contributed by atoms with Gasteiger partial charge in [-0.25, -0.2) is 8.42 Å². The van der Waals surface area contributed by atoms with Crippen LogP contribution in [0.2, 0.25) is 5.02 Å². The van der Waals surface area contributed by atoms with Crippen molar-refractivity contribution in [1.82, 2.24) is 4.31 Å². The molecule has 7 heteroatoms. The number of nitriles is 1. The van der Waals surface area contributed by atoms with Gasteiger partial charge in [-0.05, 0) is 37.3 Å². The lowest BCUT2D eigenvalue weighted by atomic mass is 10.2. The van der Waals surface area contributed by atoms with Crippen LogP contribution in [-0.4, -0.2) is 19.8 Å². The van der Waals surface area contributed by atoms with Gasteiger partial charge in [-0.2, -0.15) is 9.57 Å². The monoisotopic (exact) mass is 324 g/mol. The minimum atomic E-state index is -3.83. The fourth-order valence-electron chi connectivity index (χ4n) is 1.89. The van der Waals surface area contributed by atoms with Crippen LogP contribution in [0.25, 0.3) is 0 Å². The molecule has 2 aromatic rings. The third-order valence-electron chi connectivity index (χ3n) is 3.22. The summed E-state index contributed by atoms with van der Waals surface area (Å²) in [5, 5.41) is 9.41. The average molecular weight is 325 g/mol. The second-order valence-electron chi connectivity index (χ2n) is 4.46. The van der Waals surface area contributed by atoms with Crippen LogP contribution < -0.4 is 0 Å². The molecule has 110 valence electrons. The summed E-state index contributed by atoms with van der Waals surface area (Å²) in [6, 6.07) is 8.87. The predicted octanol–water partition coefficient (Wildman–Crippen LogP) is 3.19. The largest absolute Gasteiger partial charge is 0.468 e. The molecule has 2 rings (SSSR count). The Morgan fingerprint density at radius 2 is 2.10 bits per heavy atom. The van der Waals surface area contributed by atoms with Gasteiger partial charge in [0, 0.05) is 12.1 Å². The van der Waals surface area contributed by atoms with Gasteiger partial charge in [0.05, 0.1) is 17.9 Å². The van der Waals surface area contributed by atoms with Crippen molar-refractivity contribution < 1.29 is 12.8 Å². The third kappa shape index (κ3) is 2.95. The maximum Gasteiger partial charge on any atom is 0.244 e. The molecule has 5 nitrogen and oxygen atoms in total. The van der Waals surface area contributed by atoms with E-state index in [0.29, 0.717) is 10.8 Å². The number of sulfonamides is 1. The Bertz CT molecular complexity index is 779. The molecule has 0 saturated heterocycles. The number of hydrogen-bond acceptors (Lipinski definition) is 4. The summed E-state index contributed by atoms with van der Waals surface area (Å²) in [5.41, 5.74) is 0.0148. The molecule has 0 saturated carbocycles. The van der Waals surface area contributed by atoms with Crippen molar-refractivity contribution >= 4 is 21.6 Å². The van der Waals surface area contributed by atoms with Gasteiger partial charge in [-0.3, -0.25) is 0 Å². The standard InChI is InChI=1S/C14H13ClN2O3S/c1-10(13-4-3-7-20-13)17(2)21(18,19)14-6-5-12(15)8-11(14)9-16/h3-8,10H,1-2H3/t10-/m1/s1. The normalized spacial score (nSPS) is 13.1. The van der Waals surface area contributed by atoms with Crippen LogP contribution in [0.1, 0.15) is 24.3 Å². The van der Waals surface area contributed by atoms with Gasteiger partial charge in [-0.15, -0.1) is 0 Å². The van der Waals surface area contributed by atoms with E-state index < -0.39 is 16.1 Å². The Labute approximate surface area is 128 Å². The first-order chi connectivity index (χ1) is 9.87. The first-order valence-electron chi connectivity index (χ1n) is 6.09. The van der Waals surface area contributed by atoms with E-state index in [1.165, 1.54) is 31.5 Å². The van der Waals surface area contributed by atoms with E-state index in [-0.39, 0.29) is 10.5 Å². The first kappa shape index (κ1) is 15.6. The predicted molar refractivity (Wildman–Crippen MR) is 78.2 cm³/mol. The van der Waals surface area contributed by atoms with Crippen molar-refractivity contribution in [2.45, 2.75) is 17.9 Å². The Balaban J connectivity index is 2.45. The van der Waals surface area contributed by atoms with Gasteiger partial charge >= 0.3 is 0 Å². The minimum absolute atomic E-state index is 0.0148. The van der Waals surface area contributed by atoms with Crippen LogP contribution in [0.5, 0.6) is 0 Å². The number of furan rings is 1. The van der Waals surface area contributed by atoms with E-state index in [2.05, 4.69) is 0 Å². The second-order valence-corrected chi connectivity index (χ2v) is 6.87. The summed E-state index contributed by atoms with van der Waals surface area (Å²) in [5.74, 6) is 0.522. The molecule has 21 heavy (non-hydrogen) atoms. The lowest BCUT2D eigenvalue weighted by molar-refractivity contribution is 0.340. The van der Waals surface area contributed by atoms with Crippen LogP contribution in [0.15, 0.2) is 45.9 Å². The SMILES string of the molecule is C[C@H](c1ccco1)N(C)S(=O)(=O)c1ccc(Cl)cc1C#N. The van der Waals surface area contributed by atoms with Crippen LogP contribution >= 0.6 is 11.6 Å². The smallest absolute Gasteiger partial charge is 0.244 e. The lowest BCUT2D eigenvalue weighted by Crippen LogP contribution is -2.30. The Morgan fingerprint density at radius 1 is 1.38 bits per heavy atom. The summed E-state index contributed by atoms with van der Waals surface area (Å²) in [7, 11) is -2.39. The van der Waals surface area contributed by atoms with E-state index in [1.807, 2.05) is 6.07 Å². The maximum absolute atomic E-state index is 12.6. The van der Waals surface area contributed by atoms with Crippen LogP contribution in [0.4, 0.5) is 0 Å². The number of halogens is 1. The maximum atomic E-state index is 12.6. The molecule has 0 N–H and O–H groups in total. The van der Waals surface area contributed by atoms with Crippen molar-refractivity contribution in [3.63, 3.8) is 0 Å². The van der Waals surface area contributed by atoms with E-state index in [0.717, 1.165) is 4.31 Å². The van der Waals surface area contributed by atoms with Gasteiger partial charge in [0.2, 0.25) is 10.0 Å². The molecule has 1 aromatic heterocycles.